The SMILES string of the molecule is O=C(OCC1[C@H]2CC(O)C[C@@H]12)c1ccccc1. The molecule has 3 rings (SSSR count). The molecule has 0 radical (unpaired) electrons. The van der Waals surface area contributed by atoms with Crippen molar-refractivity contribution in [1.82, 2.24) is 0 Å². The highest BCUT2D eigenvalue weighted by Crippen LogP contribution is 2.57. The first kappa shape index (κ1) is 10.8. The molecule has 0 heterocycles. The summed E-state index contributed by atoms with van der Waals surface area (Å²) in [5.41, 5.74) is 0.610. The Labute approximate surface area is 100 Å². The topological polar surface area (TPSA) is 46.5 Å². The molecule has 2 saturated carbocycles. The number of hydrogen-bond donors (Lipinski definition) is 1. The number of aliphatic hydroxyl groups excluding tert-OH is 1. The monoisotopic (exact) mass is 232 g/mol. The van der Waals surface area contributed by atoms with E-state index in [0.29, 0.717) is 29.9 Å². The predicted molar refractivity (Wildman–Crippen MR) is 62.4 cm³/mol. The molecule has 0 spiro atoms. The summed E-state index contributed by atoms with van der Waals surface area (Å²) in [7, 11) is 0. The van der Waals surface area contributed by atoms with E-state index < -0.39 is 0 Å². The number of carbonyl (C=O) groups excluding carboxylic acids is 1. The molecule has 3 nitrogen and oxygen atoms in total. The third-order valence-corrected chi connectivity index (χ3v) is 4.01. The molecule has 3 heteroatoms. The maximum Gasteiger partial charge on any atom is 0.338 e. The van der Waals surface area contributed by atoms with Crippen LogP contribution in [-0.2, 0) is 4.74 Å². The van der Waals surface area contributed by atoms with Gasteiger partial charge in [-0.2, -0.15) is 0 Å². The third kappa shape index (κ3) is 2.07. The summed E-state index contributed by atoms with van der Waals surface area (Å²) in [5, 5.41) is 9.40. The van der Waals surface area contributed by atoms with Crippen LogP contribution >= 0.6 is 0 Å². The standard InChI is InChI=1S/C14H16O3/c15-10-6-11-12(7-10)13(11)8-17-14(16)9-4-2-1-3-5-9/h1-5,10-13,15H,6-8H2/t10?,11-,12+,13?. The molecule has 2 unspecified atom stereocenters. The smallest absolute Gasteiger partial charge is 0.338 e. The van der Waals surface area contributed by atoms with Gasteiger partial charge in [0.05, 0.1) is 18.3 Å². The van der Waals surface area contributed by atoms with Crippen LogP contribution in [0.4, 0.5) is 0 Å². The van der Waals surface area contributed by atoms with Crippen LogP contribution in [0, 0.1) is 17.8 Å². The van der Waals surface area contributed by atoms with Gasteiger partial charge >= 0.3 is 5.97 Å². The fraction of sp³-hybridized carbons (Fsp3) is 0.500. The van der Waals surface area contributed by atoms with Crippen LogP contribution in [0.2, 0.25) is 0 Å². The zero-order valence-electron chi connectivity index (χ0n) is 9.58. The van der Waals surface area contributed by atoms with Crippen LogP contribution in [0.1, 0.15) is 23.2 Å². The molecule has 0 aromatic heterocycles. The van der Waals surface area contributed by atoms with Crippen molar-refractivity contribution in [3.8, 4) is 0 Å². The van der Waals surface area contributed by atoms with Crippen LogP contribution < -0.4 is 0 Å². The first-order valence-electron chi connectivity index (χ1n) is 6.16. The maximum absolute atomic E-state index is 11.7. The predicted octanol–water partition coefficient (Wildman–Crippen LogP) is 1.86. The number of rotatable bonds is 3. The van der Waals surface area contributed by atoms with Crippen LogP contribution in [0.5, 0.6) is 0 Å². The molecule has 1 N–H and O–H groups in total. The number of ether oxygens (including phenoxy) is 1. The molecule has 2 fully saturated rings. The highest BCUT2D eigenvalue weighted by molar-refractivity contribution is 5.89. The number of benzene rings is 1. The molecule has 2 aliphatic rings. The molecule has 2 aliphatic carbocycles. The molecule has 1 aromatic carbocycles. The van der Waals surface area contributed by atoms with Gasteiger partial charge in [-0.15, -0.1) is 0 Å². The lowest BCUT2D eigenvalue weighted by Gasteiger charge is -2.08. The molecular formula is C14H16O3. The van der Waals surface area contributed by atoms with Gasteiger partial charge < -0.3 is 9.84 Å². The van der Waals surface area contributed by atoms with Crippen LogP contribution in [0.25, 0.3) is 0 Å². The van der Waals surface area contributed by atoms with Crippen molar-refractivity contribution < 1.29 is 14.6 Å². The van der Waals surface area contributed by atoms with Gasteiger partial charge in [0.2, 0.25) is 0 Å². The van der Waals surface area contributed by atoms with E-state index in [2.05, 4.69) is 0 Å². The lowest BCUT2D eigenvalue weighted by molar-refractivity contribution is 0.0459. The zero-order chi connectivity index (χ0) is 11.8. The minimum atomic E-state index is -0.240. The van der Waals surface area contributed by atoms with E-state index in [9.17, 15) is 9.90 Å². The maximum atomic E-state index is 11.7. The van der Waals surface area contributed by atoms with Crippen molar-refractivity contribution in [1.29, 1.82) is 0 Å². The normalized spacial score (nSPS) is 34.2. The summed E-state index contributed by atoms with van der Waals surface area (Å²) in [6, 6.07) is 9.07. The summed E-state index contributed by atoms with van der Waals surface area (Å²) in [5.74, 6) is 1.43. The van der Waals surface area contributed by atoms with Gasteiger partial charge in [0, 0.05) is 0 Å². The lowest BCUT2D eigenvalue weighted by Crippen LogP contribution is -2.12. The second-order valence-corrected chi connectivity index (χ2v) is 5.08. The Balaban J connectivity index is 1.49. The van der Waals surface area contributed by atoms with E-state index in [4.69, 9.17) is 4.74 Å². The summed E-state index contributed by atoms with van der Waals surface area (Å²) in [4.78, 5) is 11.7. The first-order chi connectivity index (χ1) is 8.25. The highest BCUT2D eigenvalue weighted by atomic mass is 16.5. The van der Waals surface area contributed by atoms with Gasteiger partial charge in [-0.25, -0.2) is 4.79 Å². The number of hydrogen-bond acceptors (Lipinski definition) is 3. The molecular weight excluding hydrogens is 216 g/mol. The van der Waals surface area contributed by atoms with Crippen molar-refractivity contribution in [2.75, 3.05) is 6.61 Å². The fourth-order valence-electron chi connectivity index (χ4n) is 3.02. The van der Waals surface area contributed by atoms with Gasteiger partial charge in [0.25, 0.3) is 0 Å². The Hall–Kier alpha value is -1.35. The number of fused-ring (bicyclic) bond motifs is 1. The molecule has 0 saturated heterocycles. The minimum absolute atomic E-state index is 0.119. The van der Waals surface area contributed by atoms with Crippen LogP contribution in [0.15, 0.2) is 30.3 Å². The van der Waals surface area contributed by atoms with E-state index in [1.165, 1.54) is 0 Å². The number of esters is 1. The minimum Gasteiger partial charge on any atom is -0.462 e. The molecule has 4 atom stereocenters. The first-order valence-corrected chi connectivity index (χ1v) is 6.16. The van der Waals surface area contributed by atoms with Crippen molar-refractivity contribution in [2.24, 2.45) is 17.8 Å². The summed E-state index contributed by atoms with van der Waals surface area (Å²) in [6.07, 6.45) is 1.65. The van der Waals surface area contributed by atoms with Crippen LogP contribution in [0.3, 0.4) is 0 Å². The molecule has 1 aromatic rings. The summed E-state index contributed by atoms with van der Waals surface area (Å²) < 4.78 is 5.30. The van der Waals surface area contributed by atoms with E-state index in [1.54, 1.807) is 12.1 Å². The second-order valence-electron chi connectivity index (χ2n) is 5.08. The van der Waals surface area contributed by atoms with Crippen molar-refractivity contribution in [3.63, 3.8) is 0 Å². The largest absolute Gasteiger partial charge is 0.462 e. The van der Waals surface area contributed by atoms with Gasteiger partial charge in [-0.3, -0.25) is 0 Å². The van der Waals surface area contributed by atoms with Gasteiger partial charge in [-0.1, -0.05) is 18.2 Å². The van der Waals surface area contributed by atoms with Gasteiger partial charge in [-0.05, 0) is 42.7 Å². The lowest BCUT2D eigenvalue weighted by atomic mass is 10.1. The van der Waals surface area contributed by atoms with Crippen LogP contribution in [-0.4, -0.2) is 23.8 Å². The van der Waals surface area contributed by atoms with E-state index >= 15 is 0 Å². The van der Waals surface area contributed by atoms with Crippen molar-refractivity contribution in [3.05, 3.63) is 35.9 Å². The summed E-state index contributed by atoms with van der Waals surface area (Å²) in [6.45, 7) is 0.510. The van der Waals surface area contributed by atoms with Gasteiger partial charge in [0.1, 0.15) is 0 Å². The second kappa shape index (κ2) is 4.15. The fourth-order valence-corrected chi connectivity index (χ4v) is 3.02. The van der Waals surface area contributed by atoms with E-state index in [1.807, 2.05) is 18.2 Å². The van der Waals surface area contributed by atoms with E-state index in [-0.39, 0.29) is 12.1 Å². The Morgan fingerprint density at radius 2 is 1.88 bits per heavy atom. The summed E-state index contributed by atoms with van der Waals surface area (Å²) >= 11 is 0. The Morgan fingerprint density at radius 3 is 2.53 bits per heavy atom. The number of aliphatic hydroxyl groups is 1. The number of carbonyl (C=O) groups is 1. The molecule has 17 heavy (non-hydrogen) atoms. The average molecular weight is 232 g/mol. The van der Waals surface area contributed by atoms with Crippen molar-refractivity contribution >= 4 is 5.97 Å². The highest BCUT2D eigenvalue weighted by Gasteiger charge is 2.55. The Morgan fingerprint density at radius 1 is 1.24 bits per heavy atom. The molecule has 0 bridgehead atoms. The molecule has 0 amide bonds. The third-order valence-electron chi connectivity index (χ3n) is 4.01. The zero-order valence-corrected chi connectivity index (χ0v) is 9.58. The Bertz CT molecular complexity index is 403. The molecule has 0 aliphatic heterocycles. The van der Waals surface area contributed by atoms with Gasteiger partial charge in [0.15, 0.2) is 0 Å². The quantitative estimate of drug-likeness (QED) is 0.809. The molecule has 90 valence electrons. The average Bonchev–Trinajstić information content (AvgIpc) is 2.81. The Kier molecular flexibility index (Phi) is 2.63. The van der Waals surface area contributed by atoms with E-state index in [0.717, 1.165) is 12.8 Å². The van der Waals surface area contributed by atoms with Crippen molar-refractivity contribution in [2.45, 2.75) is 18.9 Å².